The number of halogens is 1. The number of carbonyl (C=O) groups excluding carboxylic acids is 3. The molecule has 3 amide bonds. The molecule has 0 spiro atoms. The van der Waals surface area contributed by atoms with E-state index in [4.69, 9.17) is 16.3 Å². The minimum atomic E-state index is -0.886. The van der Waals surface area contributed by atoms with E-state index in [0.29, 0.717) is 10.7 Å². The van der Waals surface area contributed by atoms with Crippen LogP contribution in [0, 0.1) is 0 Å². The molecule has 3 atom stereocenters. The molecule has 1 saturated carbocycles. The van der Waals surface area contributed by atoms with Gasteiger partial charge >= 0.3 is 12.0 Å². The van der Waals surface area contributed by atoms with Crippen LogP contribution < -0.4 is 10.6 Å². The second-order valence-corrected chi connectivity index (χ2v) is 7.28. The Hall–Kier alpha value is -2.28. The largest absolute Gasteiger partial charge is 0.466 e. The fraction of sp³-hybridized carbons (Fsp3) is 0.526. The van der Waals surface area contributed by atoms with E-state index in [2.05, 4.69) is 10.6 Å². The van der Waals surface area contributed by atoms with Crippen molar-refractivity contribution in [2.24, 2.45) is 0 Å². The Labute approximate surface area is 163 Å². The number of piperazine rings is 1. The Morgan fingerprint density at radius 1 is 1.33 bits per heavy atom. The number of nitrogens with one attached hydrogen (secondary N) is 2. The lowest BCUT2D eigenvalue weighted by Gasteiger charge is -2.47. The number of rotatable bonds is 4. The van der Waals surface area contributed by atoms with Gasteiger partial charge in [-0.3, -0.25) is 9.59 Å². The van der Waals surface area contributed by atoms with Gasteiger partial charge in [-0.05, 0) is 38.0 Å². The van der Waals surface area contributed by atoms with Crippen LogP contribution in [-0.4, -0.2) is 47.5 Å². The van der Waals surface area contributed by atoms with Crippen molar-refractivity contribution in [2.75, 3.05) is 11.9 Å². The van der Waals surface area contributed by atoms with Crippen molar-refractivity contribution in [3.8, 4) is 0 Å². The monoisotopic (exact) mass is 393 g/mol. The van der Waals surface area contributed by atoms with Gasteiger partial charge in [-0.2, -0.15) is 0 Å². The van der Waals surface area contributed by atoms with Crippen LogP contribution in [0.2, 0.25) is 5.02 Å². The van der Waals surface area contributed by atoms with Crippen LogP contribution >= 0.6 is 11.6 Å². The quantitative estimate of drug-likeness (QED) is 0.770. The lowest BCUT2D eigenvalue weighted by molar-refractivity contribution is -0.148. The van der Waals surface area contributed by atoms with Gasteiger partial charge in [0.05, 0.1) is 19.1 Å². The summed E-state index contributed by atoms with van der Waals surface area (Å²) in [4.78, 5) is 39.3. The van der Waals surface area contributed by atoms with E-state index >= 15 is 0 Å². The molecule has 7 nitrogen and oxygen atoms in total. The molecule has 146 valence electrons. The molecule has 1 aliphatic carbocycles. The summed E-state index contributed by atoms with van der Waals surface area (Å²) < 4.78 is 5.00. The lowest BCUT2D eigenvalue weighted by atomic mass is 9.85. The number of carbonyl (C=O) groups is 3. The highest BCUT2D eigenvalue weighted by Crippen LogP contribution is 2.30. The fourth-order valence-corrected chi connectivity index (χ4v) is 4.05. The van der Waals surface area contributed by atoms with Crippen molar-refractivity contribution in [1.82, 2.24) is 10.2 Å². The summed E-state index contributed by atoms with van der Waals surface area (Å²) in [6, 6.07) is 5.30. The molecule has 3 rings (SSSR count). The van der Waals surface area contributed by atoms with Gasteiger partial charge in [0.25, 0.3) is 0 Å². The van der Waals surface area contributed by atoms with Crippen LogP contribution in [0.25, 0.3) is 0 Å². The maximum atomic E-state index is 13.1. The molecule has 0 aromatic heterocycles. The Bertz CT molecular complexity index is 727. The topological polar surface area (TPSA) is 87.7 Å². The zero-order chi connectivity index (χ0) is 19.4. The standard InChI is InChI=1S/C19H24ClN3O4/c1-2-27-17(24)11-16-18(25)22-14-8-3-4-9-15(14)23(16)19(26)21-13-7-5-6-12(20)10-13/h5-7,10,14-16H,2-4,8-9,11H2,1H3,(H,21,26)(H,22,25)/t14-,15+,16+/m0/s1. The van der Waals surface area contributed by atoms with Gasteiger partial charge in [0, 0.05) is 16.8 Å². The Morgan fingerprint density at radius 2 is 2.11 bits per heavy atom. The van der Waals surface area contributed by atoms with Crippen LogP contribution in [0.15, 0.2) is 24.3 Å². The van der Waals surface area contributed by atoms with E-state index in [0.717, 1.165) is 25.7 Å². The number of benzene rings is 1. The minimum absolute atomic E-state index is 0.0881. The number of amides is 3. The first kappa shape index (κ1) is 19.5. The third-order valence-corrected chi connectivity index (χ3v) is 5.26. The molecule has 1 aliphatic heterocycles. The number of esters is 1. The van der Waals surface area contributed by atoms with E-state index < -0.39 is 18.0 Å². The summed E-state index contributed by atoms with van der Waals surface area (Å²) in [6.07, 6.45) is 3.43. The molecule has 2 N–H and O–H groups in total. The van der Waals surface area contributed by atoms with Crippen LogP contribution in [0.4, 0.5) is 10.5 Å². The Kier molecular flexibility index (Phi) is 6.21. The first-order valence-electron chi connectivity index (χ1n) is 9.30. The fourth-order valence-electron chi connectivity index (χ4n) is 3.86. The Morgan fingerprint density at radius 3 is 2.85 bits per heavy atom. The van der Waals surface area contributed by atoms with Crippen molar-refractivity contribution in [3.63, 3.8) is 0 Å². The number of hydrogen-bond acceptors (Lipinski definition) is 4. The number of ether oxygens (including phenoxy) is 1. The summed E-state index contributed by atoms with van der Waals surface area (Å²) in [5.74, 6) is -0.806. The van der Waals surface area contributed by atoms with Gasteiger partial charge in [0.1, 0.15) is 6.04 Å². The minimum Gasteiger partial charge on any atom is -0.466 e. The highest BCUT2D eigenvalue weighted by Gasteiger charge is 2.46. The molecular weight excluding hydrogens is 370 g/mol. The first-order chi connectivity index (χ1) is 13.0. The van der Waals surface area contributed by atoms with E-state index in [1.54, 1.807) is 31.2 Å². The number of nitrogens with zero attached hydrogens (tertiary/aromatic N) is 1. The van der Waals surface area contributed by atoms with E-state index in [-0.39, 0.29) is 31.0 Å². The van der Waals surface area contributed by atoms with Crippen molar-refractivity contribution < 1.29 is 19.1 Å². The summed E-state index contributed by atoms with van der Waals surface area (Å²) in [5.41, 5.74) is 0.542. The third-order valence-electron chi connectivity index (χ3n) is 5.03. The van der Waals surface area contributed by atoms with Gasteiger partial charge in [0.15, 0.2) is 0 Å². The SMILES string of the molecule is CCOC(=O)C[C@@H]1C(=O)N[C@H]2CCCC[C@H]2N1C(=O)Nc1cccc(Cl)c1. The first-order valence-corrected chi connectivity index (χ1v) is 9.68. The average molecular weight is 394 g/mol. The second-order valence-electron chi connectivity index (χ2n) is 6.84. The van der Waals surface area contributed by atoms with E-state index in [1.165, 1.54) is 4.90 Å². The smallest absolute Gasteiger partial charge is 0.322 e. The molecule has 2 fully saturated rings. The normalized spacial score (nSPS) is 24.6. The van der Waals surface area contributed by atoms with Crippen LogP contribution in [0.3, 0.4) is 0 Å². The van der Waals surface area contributed by atoms with Crippen molar-refractivity contribution in [2.45, 2.75) is 57.2 Å². The highest BCUT2D eigenvalue weighted by atomic mass is 35.5. The number of fused-ring (bicyclic) bond motifs is 1. The maximum Gasteiger partial charge on any atom is 0.322 e. The summed E-state index contributed by atoms with van der Waals surface area (Å²) in [6.45, 7) is 1.94. The number of urea groups is 1. The highest BCUT2D eigenvalue weighted by molar-refractivity contribution is 6.30. The third kappa shape index (κ3) is 4.53. The van der Waals surface area contributed by atoms with Gasteiger partial charge in [-0.15, -0.1) is 0 Å². The van der Waals surface area contributed by atoms with Crippen molar-refractivity contribution in [3.05, 3.63) is 29.3 Å². The van der Waals surface area contributed by atoms with Gasteiger partial charge < -0.3 is 20.3 Å². The second kappa shape index (κ2) is 8.61. The van der Waals surface area contributed by atoms with E-state index in [9.17, 15) is 14.4 Å². The molecule has 1 saturated heterocycles. The molecule has 27 heavy (non-hydrogen) atoms. The molecule has 0 radical (unpaired) electrons. The predicted octanol–water partition coefficient (Wildman–Crippen LogP) is 2.94. The number of anilines is 1. The van der Waals surface area contributed by atoms with Crippen LogP contribution in [-0.2, 0) is 14.3 Å². The molecule has 0 bridgehead atoms. The van der Waals surface area contributed by atoms with Crippen LogP contribution in [0.5, 0.6) is 0 Å². The number of hydrogen-bond donors (Lipinski definition) is 2. The van der Waals surface area contributed by atoms with Crippen molar-refractivity contribution in [1.29, 1.82) is 0 Å². The summed E-state index contributed by atoms with van der Waals surface area (Å²) in [7, 11) is 0. The molecule has 1 aromatic carbocycles. The average Bonchev–Trinajstić information content (AvgIpc) is 2.62. The van der Waals surface area contributed by atoms with Crippen LogP contribution in [0.1, 0.15) is 39.0 Å². The zero-order valence-corrected chi connectivity index (χ0v) is 16.0. The molecular formula is C19H24ClN3O4. The van der Waals surface area contributed by atoms with Gasteiger partial charge in [-0.25, -0.2) is 4.79 Å². The molecule has 0 unspecified atom stereocenters. The molecule has 1 heterocycles. The molecule has 2 aliphatic rings. The lowest BCUT2D eigenvalue weighted by Crippen LogP contribution is -2.68. The zero-order valence-electron chi connectivity index (χ0n) is 15.2. The molecule has 8 heteroatoms. The Balaban J connectivity index is 1.84. The van der Waals surface area contributed by atoms with E-state index in [1.807, 2.05) is 0 Å². The van der Waals surface area contributed by atoms with Gasteiger partial charge in [-0.1, -0.05) is 30.5 Å². The van der Waals surface area contributed by atoms with Crippen molar-refractivity contribution >= 4 is 35.2 Å². The molecule has 1 aromatic rings. The van der Waals surface area contributed by atoms with Gasteiger partial charge in [0.2, 0.25) is 5.91 Å². The maximum absolute atomic E-state index is 13.1. The predicted molar refractivity (Wildman–Crippen MR) is 102 cm³/mol. The summed E-state index contributed by atoms with van der Waals surface area (Å²) >= 11 is 5.99. The summed E-state index contributed by atoms with van der Waals surface area (Å²) in [5, 5.41) is 6.30.